The molecule has 0 radical (unpaired) electrons. The summed E-state index contributed by atoms with van der Waals surface area (Å²) in [6, 6.07) is 4.53. The monoisotopic (exact) mass is 300 g/mol. The zero-order chi connectivity index (χ0) is 14.5. The van der Waals surface area contributed by atoms with E-state index in [2.05, 4.69) is 6.92 Å². The number of sulfone groups is 1. The SMILES string of the molecule is CCC/C=C/Cc1ccc(C(=O)Cl)cc1S(C)(=O)=O. The molecule has 104 valence electrons. The van der Waals surface area contributed by atoms with Crippen LogP contribution >= 0.6 is 11.6 Å². The summed E-state index contributed by atoms with van der Waals surface area (Å²) in [5.74, 6) is 0. The van der Waals surface area contributed by atoms with Gasteiger partial charge >= 0.3 is 0 Å². The quantitative estimate of drug-likeness (QED) is 0.598. The van der Waals surface area contributed by atoms with Crippen LogP contribution in [0, 0.1) is 0 Å². The normalized spacial score (nSPS) is 11.9. The number of rotatable bonds is 6. The van der Waals surface area contributed by atoms with E-state index in [4.69, 9.17) is 11.6 Å². The molecule has 1 rings (SSSR count). The molecule has 0 amide bonds. The van der Waals surface area contributed by atoms with Gasteiger partial charge in [-0.25, -0.2) is 8.42 Å². The average molecular weight is 301 g/mol. The molecule has 0 aliphatic rings. The van der Waals surface area contributed by atoms with Crippen LogP contribution in [0.2, 0.25) is 0 Å². The Morgan fingerprint density at radius 1 is 1.32 bits per heavy atom. The number of halogens is 1. The minimum atomic E-state index is -3.38. The maximum Gasteiger partial charge on any atom is 0.252 e. The molecule has 0 aliphatic heterocycles. The van der Waals surface area contributed by atoms with Crippen molar-refractivity contribution in [3.8, 4) is 0 Å². The lowest BCUT2D eigenvalue weighted by Crippen LogP contribution is -2.04. The first-order valence-electron chi connectivity index (χ1n) is 6.04. The molecule has 0 saturated heterocycles. The first-order chi connectivity index (χ1) is 8.86. The fraction of sp³-hybridized carbons (Fsp3) is 0.357. The standard InChI is InChI=1S/C14H17ClO3S/c1-3-4-5-6-7-11-8-9-12(14(15)16)10-13(11)19(2,17)18/h5-6,8-10H,3-4,7H2,1-2H3/b6-5+. The maximum absolute atomic E-state index is 11.7. The van der Waals surface area contributed by atoms with E-state index in [1.54, 1.807) is 12.1 Å². The zero-order valence-corrected chi connectivity index (χ0v) is 12.6. The topological polar surface area (TPSA) is 51.2 Å². The molecule has 0 heterocycles. The largest absolute Gasteiger partial charge is 0.276 e. The summed E-state index contributed by atoms with van der Waals surface area (Å²) in [7, 11) is -3.38. The number of hydrogen-bond acceptors (Lipinski definition) is 3. The smallest absolute Gasteiger partial charge is 0.252 e. The van der Waals surface area contributed by atoms with Crippen LogP contribution in [-0.2, 0) is 16.3 Å². The lowest BCUT2D eigenvalue weighted by atomic mass is 10.1. The molecule has 0 N–H and O–H groups in total. The molecule has 0 atom stereocenters. The highest BCUT2D eigenvalue weighted by atomic mass is 35.5. The molecular weight excluding hydrogens is 284 g/mol. The van der Waals surface area contributed by atoms with Crippen molar-refractivity contribution in [3.63, 3.8) is 0 Å². The van der Waals surface area contributed by atoms with E-state index in [1.807, 2.05) is 12.2 Å². The Kier molecular flexibility index (Phi) is 5.76. The van der Waals surface area contributed by atoms with Crippen molar-refractivity contribution in [1.82, 2.24) is 0 Å². The maximum atomic E-state index is 11.7. The molecule has 5 heteroatoms. The first-order valence-corrected chi connectivity index (χ1v) is 8.31. The number of benzene rings is 1. The third kappa shape index (κ3) is 4.80. The minimum Gasteiger partial charge on any atom is -0.276 e. The molecule has 0 fully saturated rings. The van der Waals surface area contributed by atoms with E-state index < -0.39 is 15.1 Å². The second-order valence-corrected chi connectivity index (χ2v) is 6.66. The Morgan fingerprint density at radius 2 is 2.00 bits per heavy atom. The van der Waals surface area contributed by atoms with Crippen molar-refractivity contribution in [1.29, 1.82) is 0 Å². The molecular formula is C14H17ClO3S. The molecule has 3 nitrogen and oxygen atoms in total. The van der Waals surface area contributed by atoms with Gasteiger partial charge in [-0.1, -0.05) is 31.6 Å². The number of carbonyl (C=O) groups is 1. The van der Waals surface area contributed by atoms with Crippen LogP contribution in [0.5, 0.6) is 0 Å². The fourth-order valence-corrected chi connectivity index (χ4v) is 2.77. The summed E-state index contributed by atoms with van der Waals surface area (Å²) in [6.07, 6.45) is 7.63. The molecule has 0 unspecified atom stereocenters. The van der Waals surface area contributed by atoms with Crippen LogP contribution in [-0.4, -0.2) is 19.9 Å². The van der Waals surface area contributed by atoms with E-state index in [0.717, 1.165) is 19.1 Å². The third-order valence-electron chi connectivity index (χ3n) is 2.65. The summed E-state index contributed by atoms with van der Waals surface area (Å²) in [4.78, 5) is 11.3. The van der Waals surface area contributed by atoms with Gasteiger partial charge in [-0.15, -0.1) is 0 Å². The molecule has 1 aromatic carbocycles. The van der Waals surface area contributed by atoms with Gasteiger partial charge in [-0.05, 0) is 42.1 Å². The second kappa shape index (κ2) is 6.87. The Balaban J connectivity index is 3.14. The van der Waals surface area contributed by atoms with Gasteiger partial charge in [0.1, 0.15) is 0 Å². The minimum absolute atomic E-state index is 0.167. The zero-order valence-electron chi connectivity index (χ0n) is 11.0. The van der Waals surface area contributed by atoms with Crippen LogP contribution in [0.4, 0.5) is 0 Å². The highest BCUT2D eigenvalue weighted by Crippen LogP contribution is 2.20. The van der Waals surface area contributed by atoms with E-state index in [1.165, 1.54) is 6.07 Å². The third-order valence-corrected chi connectivity index (χ3v) is 4.05. The Bertz CT molecular complexity index is 589. The van der Waals surface area contributed by atoms with Gasteiger partial charge < -0.3 is 0 Å². The van der Waals surface area contributed by atoms with E-state index in [-0.39, 0.29) is 10.5 Å². The Hall–Kier alpha value is -1.13. The molecule has 0 bridgehead atoms. The van der Waals surface area contributed by atoms with E-state index in [9.17, 15) is 13.2 Å². The van der Waals surface area contributed by atoms with E-state index >= 15 is 0 Å². The summed E-state index contributed by atoms with van der Waals surface area (Å²) in [6.45, 7) is 2.08. The van der Waals surface area contributed by atoms with Crippen LogP contribution in [0.15, 0.2) is 35.2 Å². The van der Waals surface area contributed by atoms with Crippen LogP contribution in [0.1, 0.15) is 35.7 Å². The van der Waals surface area contributed by atoms with Crippen molar-refractivity contribution >= 4 is 26.7 Å². The fourth-order valence-electron chi connectivity index (χ4n) is 1.69. The number of hydrogen-bond donors (Lipinski definition) is 0. The number of allylic oxidation sites excluding steroid dienone is 2. The van der Waals surface area contributed by atoms with Crippen molar-refractivity contribution in [2.24, 2.45) is 0 Å². The van der Waals surface area contributed by atoms with Gasteiger partial charge in [0.2, 0.25) is 0 Å². The predicted molar refractivity (Wildman–Crippen MR) is 77.5 cm³/mol. The van der Waals surface area contributed by atoms with Crippen molar-refractivity contribution in [2.75, 3.05) is 6.26 Å². The Labute approximate surface area is 119 Å². The van der Waals surface area contributed by atoms with Gasteiger partial charge in [-0.3, -0.25) is 4.79 Å². The predicted octanol–water partition coefficient (Wildman–Crippen LogP) is 3.37. The Morgan fingerprint density at radius 3 is 2.53 bits per heavy atom. The summed E-state index contributed by atoms with van der Waals surface area (Å²) >= 11 is 5.38. The van der Waals surface area contributed by atoms with Crippen molar-refractivity contribution in [3.05, 3.63) is 41.5 Å². The first kappa shape index (κ1) is 15.9. The second-order valence-electron chi connectivity index (χ2n) is 4.33. The molecule has 1 aromatic rings. The van der Waals surface area contributed by atoms with Gasteiger partial charge in [0.15, 0.2) is 9.84 Å². The summed E-state index contributed by atoms with van der Waals surface area (Å²) in [5, 5.41) is -0.655. The van der Waals surface area contributed by atoms with Gasteiger partial charge in [0.05, 0.1) is 4.90 Å². The van der Waals surface area contributed by atoms with Crippen LogP contribution in [0.25, 0.3) is 0 Å². The summed E-state index contributed by atoms with van der Waals surface area (Å²) in [5.41, 5.74) is 0.875. The molecule has 0 aromatic heterocycles. The average Bonchev–Trinajstić information content (AvgIpc) is 2.33. The van der Waals surface area contributed by atoms with Gasteiger partial charge in [-0.2, -0.15) is 0 Å². The highest BCUT2D eigenvalue weighted by Gasteiger charge is 2.15. The number of carbonyl (C=O) groups excluding carboxylic acids is 1. The highest BCUT2D eigenvalue weighted by molar-refractivity contribution is 7.90. The number of unbranched alkanes of at least 4 members (excludes halogenated alkanes) is 1. The van der Waals surface area contributed by atoms with Crippen molar-refractivity contribution in [2.45, 2.75) is 31.1 Å². The van der Waals surface area contributed by atoms with Gasteiger partial charge in [0, 0.05) is 11.8 Å². The van der Waals surface area contributed by atoms with Crippen LogP contribution < -0.4 is 0 Å². The van der Waals surface area contributed by atoms with Crippen LogP contribution in [0.3, 0.4) is 0 Å². The van der Waals surface area contributed by atoms with Crippen molar-refractivity contribution < 1.29 is 13.2 Å². The lowest BCUT2D eigenvalue weighted by Gasteiger charge is -2.07. The molecule has 0 spiro atoms. The molecule has 0 saturated carbocycles. The lowest BCUT2D eigenvalue weighted by molar-refractivity contribution is 0.108. The summed E-state index contributed by atoms with van der Waals surface area (Å²) < 4.78 is 23.5. The molecule has 19 heavy (non-hydrogen) atoms. The van der Waals surface area contributed by atoms with Gasteiger partial charge in [0.25, 0.3) is 5.24 Å². The van der Waals surface area contributed by atoms with E-state index in [0.29, 0.717) is 12.0 Å². The molecule has 0 aliphatic carbocycles.